The van der Waals surface area contributed by atoms with Crippen LogP contribution in [0.2, 0.25) is 0 Å². The topological polar surface area (TPSA) is 75.4 Å². The van der Waals surface area contributed by atoms with Gasteiger partial charge in [0.25, 0.3) is 0 Å². The van der Waals surface area contributed by atoms with Gasteiger partial charge in [0.2, 0.25) is 11.8 Å². The minimum Gasteiger partial charge on any atom is -0.368 e. The molecule has 2 amide bonds. The molecule has 2 aliphatic rings. The van der Waals surface area contributed by atoms with E-state index in [0.717, 1.165) is 6.42 Å². The minimum absolute atomic E-state index is 0. The molecule has 0 aromatic rings. The first-order valence-corrected chi connectivity index (χ1v) is 7.34. The number of nitrogens with zero attached hydrogens (tertiary/aromatic N) is 1. The summed E-state index contributed by atoms with van der Waals surface area (Å²) in [5, 5.41) is 3.46. The predicted molar refractivity (Wildman–Crippen MR) is 80.6 cm³/mol. The zero-order valence-electron chi connectivity index (χ0n) is 12.3. The van der Waals surface area contributed by atoms with E-state index in [9.17, 15) is 9.59 Å². The molecule has 20 heavy (non-hydrogen) atoms. The van der Waals surface area contributed by atoms with Crippen molar-refractivity contribution in [2.45, 2.75) is 64.1 Å². The third-order valence-corrected chi connectivity index (χ3v) is 4.39. The Hall–Kier alpha value is -0.810. The largest absolute Gasteiger partial charge is 0.368 e. The smallest absolute Gasteiger partial charge is 0.240 e. The van der Waals surface area contributed by atoms with E-state index in [2.05, 4.69) is 5.32 Å². The molecule has 1 heterocycles. The number of hydrogen-bond donors (Lipinski definition) is 2. The maximum Gasteiger partial charge on any atom is 0.240 e. The van der Waals surface area contributed by atoms with Crippen LogP contribution in [0.3, 0.4) is 0 Å². The van der Waals surface area contributed by atoms with E-state index in [4.69, 9.17) is 5.73 Å². The van der Waals surface area contributed by atoms with E-state index in [1.165, 1.54) is 25.7 Å². The Labute approximate surface area is 127 Å². The molecule has 0 aromatic heterocycles. The molecule has 2 fully saturated rings. The highest BCUT2D eigenvalue weighted by atomic mass is 35.5. The van der Waals surface area contributed by atoms with Gasteiger partial charge in [0.1, 0.15) is 0 Å². The van der Waals surface area contributed by atoms with Gasteiger partial charge >= 0.3 is 0 Å². The molecule has 1 aliphatic heterocycles. The first-order chi connectivity index (χ1) is 8.99. The summed E-state index contributed by atoms with van der Waals surface area (Å²) >= 11 is 0. The molecular formula is C14H26ClN3O2. The highest BCUT2D eigenvalue weighted by Crippen LogP contribution is 2.33. The Balaban J connectivity index is 0.00000200. The van der Waals surface area contributed by atoms with Crippen molar-refractivity contribution in [3.63, 3.8) is 0 Å². The fourth-order valence-corrected chi connectivity index (χ4v) is 3.39. The quantitative estimate of drug-likeness (QED) is 0.815. The molecule has 0 spiro atoms. The Kier molecular flexibility index (Phi) is 6.27. The fourth-order valence-electron chi connectivity index (χ4n) is 3.39. The van der Waals surface area contributed by atoms with Gasteiger partial charge in [0, 0.05) is 12.1 Å². The van der Waals surface area contributed by atoms with Gasteiger partial charge in [0.05, 0.1) is 12.6 Å². The van der Waals surface area contributed by atoms with Crippen LogP contribution >= 0.6 is 12.4 Å². The van der Waals surface area contributed by atoms with Gasteiger partial charge in [0.15, 0.2) is 0 Å². The Bertz CT molecular complexity index is 348. The summed E-state index contributed by atoms with van der Waals surface area (Å²) in [5.41, 5.74) is 5.23. The maximum absolute atomic E-state index is 12.5. The van der Waals surface area contributed by atoms with Gasteiger partial charge in [-0.2, -0.15) is 0 Å². The number of primary amides is 1. The van der Waals surface area contributed by atoms with Crippen molar-refractivity contribution in [3.8, 4) is 0 Å². The first kappa shape index (κ1) is 17.2. The molecule has 0 radical (unpaired) electrons. The second kappa shape index (κ2) is 7.27. The molecule has 1 aliphatic carbocycles. The Morgan fingerprint density at radius 1 is 1.30 bits per heavy atom. The van der Waals surface area contributed by atoms with Crippen LogP contribution < -0.4 is 11.1 Å². The molecular weight excluding hydrogens is 278 g/mol. The summed E-state index contributed by atoms with van der Waals surface area (Å²) in [6.45, 7) is 3.86. The lowest BCUT2D eigenvalue weighted by Gasteiger charge is -2.28. The number of carbonyl (C=O) groups is 2. The van der Waals surface area contributed by atoms with Gasteiger partial charge in [-0.25, -0.2) is 0 Å². The van der Waals surface area contributed by atoms with Crippen LogP contribution in [0.25, 0.3) is 0 Å². The van der Waals surface area contributed by atoms with Crippen LogP contribution in [0.1, 0.15) is 46.0 Å². The van der Waals surface area contributed by atoms with Crippen molar-refractivity contribution >= 4 is 24.2 Å². The summed E-state index contributed by atoms with van der Waals surface area (Å²) in [6, 6.07) is 0.365. The molecule has 5 nitrogen and oxygen atoms in total. The molecule has 2 rings (SSSR count). The number of nitrogens with two attached hydrogens (primary N) is 1. The summed E-state index contributed by atoms with van der Waals surface area (Å²) in [4.78, 5) is 25.2. The van der Waals surface area contributed by atoms with Crippen LogP contribution in [-0.2, 0) is 9.59 Å². The van der Waals surface area contributed by atoms with E-state index in [1.807, 2.05) is 13.8 Å². The second-order valence-corrected chi connectivity index (χ2v) is 6.13. The van der Waals surface area contributed by atoms with E-state index >= 15 is 0 Å². The number of halogens is 1. The van der Waals surface area contributed by atoms with Crippen molar-refractivity contribution in [3.05, 3.63) is 0 Å². The van der Waals surface area contributed by atoms with Gasteiger partial charge in [-0.3, -0.25) is 9.59 Å². The molecule has 3 unspecified atom stereocenters. The number of rotatable bonds is 4. The highest BCUT2D eigenvalue weighted by Gasteiger charge is 2.40. The molecule has 1 saturated carbocycles. The standard InChI is InChI=1S/C14H25N3O2.ClH/c1-9(2)17(8-13(15)18)14(19)12-7-10-5-3-4-6-11(10)16-12;/h9-12,16H,3-8H2,1-2H3,(H2,15,18);1H. The van der Waals surface area contributed by atoms with Crippen LogP contribution in [0.4, 0.5) is 0 Å². The van der Waals surface area contributed by atoms with Crippen LogP contribution in [-0.4, -0.2) is 41.4 Å². The van der Waals surface area contributed by atoms with E-state index < -0.39 is 5.91 Å². The van der Waals surface area contributed by atoms with Crippen molar-refractivity contribution in [2.24, 2.45) is 11.7 Å². The third-order valence-electron chi connectivity index (χ3n) is 4.39. The SMILES string of the molecule is CC(C)N(CC(N)=O)C(=O)C1CC2CCCCC2N1.Cl. The zero-order chi connectivity index (χ0) is 14.0. The van der Waals surface area contributed by atoms with E-state index in [0.29, 0.717) is 12.0 Å². The van der Waals surface area contributed by atoms with E-state index in [1.54, 1.807) is 4.90 Å². The normalized spacial score (nSPS) is 28.6. The number of carbonyl (C=O) groups excluding carboxylic acids is 2. The molecule has 6 heteroatoms. The van der Waals surface area contributed by atoms with Crippen LogP contribution in [0.5, 0.6) is 0 Å². The summed E-state index contributed by atoms with van der Waals surface area (Å²) in [6.07, 6.45) is 5.83. The monoisotopic (exact) mass is 303 g/mol. The average Bonchev–Trinajstić information content (AvgIpc) is 2.78. The summed E-state index contributed by atoms with van der Waals surface area (Å²) < 4.78 is 0. The highest BCUT2D eigenvalue weighted by molar-refractivity contribution is 5.87. The summed E-state index contributed by atoms with van der Waals surface area (Å²) in [7, 11) is 0. The molecule has 116 valence electrons. The number of hydrogen-bond acceptors (Lipinski definition) is 3. The number of nitrogens with one attached hydrogen (secondary N) is 1. The lowest BCUT2D eigenvalue weighted by Crippen LogP contribution is -2.50. The molecule has 3 N–H and O–H groups in total. The first-order valence-electron chi connectivity index (χ1n) is 7.34. The van der Waals surface area contributed by atoms with E-state index in [-0.39, 0.29) is 36.9 Å². The second-order valence-electron chi connectivity index (χ2n) is 6.13. The van der Waals surface area contributed by atoms with Crippen molar-refractivity contribution in [1.29, 1.82) is 0 Å². The van der Waals surface area contributed by atoms with Gasteiger partial charge < -0.3 is 16.0 Å². The van der Waals surface area contributed by atoms with Crippen LogP contribution in [0, 0.1) is 5.92 Å². The molecule has 1 saturated heterocycles. The summed E-state index contributed by atoms with van der Waals surface area (Å²) in [5.74, 6) is 0.214. The molecule has 0 aromatic carbocycles. The predicted octanol–water partition coefficient (Wildman–Crippen LogP) is 1.05. The van der Waals surface area contributed by atoms with Gasteiger partial charge in [-0.15, -0.1) is 12.4 Å². The van der Waals surface area contributed by atoms with Crippen LogP contribution in [0.15, 0.2) is 0 Å². The van der Waals surface area contributed by atoms with Crippen molar-refractivity contribution in [2.75, 3.05) is 6.54 Å². The third kappa shape index (κ3) is 3.85. The van der Waals surface area contributed by atoms with Crippen molar-refractivity contribution < 1.29 is 9.59 Å². The van der Waals surface area contributed by atoms with Gasteiger partial charge in [-0.1, -0.05) is 12.8 Å². The Morgan fingerprint density at radius 2 is 1.95 bits per heavy atom. The molecule has 0 bridgehead atoms. The minimum atomic E-state index is -0.447. The Morgan fingerprint density at radius 3 is 2.50 bits per heavy atom. The number of fused-ring (bicyclic) bond motifs is 1. The zero-order valence-corrected chi connectivity index (χ0v) is 13.1. The molecule has 3 atom stereocenters. The number of amides is 2. The average molecular weight is 304 g/mol. The van der Waals surface area contributed by atoms with Gasteiger partial charge in [-0.05, 0) is 39.0 Å². The lowest BCUT2D eigenvalue weighted by molar-refractivity contribution is -0.138. The maximum atomic E-state index is 12.5. The lowest BCUT2D eigenvalue weighted by atomic mass is 9.85. The van der Waals surface area contributed by atoms with Crippen molar-refractivity contribution in [1.82, 2.24) is 10.2 Å². The fraction of sp³-hybridized carbons (Fsp3) is 0.857.